The van der Waals surface area contributed by atoms with Gasteiger partial charge in [-0.2, -0.15) is 0 Å². The molecule has 0 saturated carbocycles. The first-order valence-corrected chi connectivity index (χ1v) is 7.85. The van der Waals surface area contributed by atoms with Crippen LogP contribution in [0.5, 0.6) is 28.7 Å². The summed E-state index contributed by atoms with van der Waals surface area (Å²) in [4.78, 5) is 0. The molecule has 5 heteroatoms. The standard InChI is InChI=1S/C17H27O5/c1-7-18-13-12(6)14(19-8-2)16(21-10-4)17(22-11-5)15(13)20-9-3/h6-11H2,1-5H3. The van der Waals surface area contributed by atoms with Crippen LogP contribution in [-0.2, 0) is 0 Å². The third kappa shape index (κ3) is 3.90. The Morgan fingerprint density at radius 1 is 0.500 bits per heavy atom. The van der Waals surface area contributed by atoms with E-state index in [1.807, 2.05) is 34.6 Å². The van der Waals surface area contributed by atoms with Crippen molar-refractivity contribution in [1.29, 1.82) is 0 Å². The van der Waals surface area contributed by atoms with Crippen molar-refractivity contribution in [3.63, 3.8) is 0 Å². The van der Waals surface area contributed by atoms with E-state index in [9.17, 15) is 0 Å². The van der Waals surface area contributed by atoms with E-state index in [4.69, 9.17) is 23.7 Å². The third-order valence-corrected chi connectivity index (χ3v) is 2.82. The SMILES string of the molecule is [CH2]c1c(OCC)c(OCC)c(OCC)c(OCC)c1OCC. The van der Waals surface area contributed by atoms with Crippen LogP contribution in [-0.4, -0.2) is 33.0 Å². The van der Waals surface area contributed by atoms with E-state index in [0.29, 0.717) is 67.3 Å². The molecule has 1 aromatic carbocycles. The molecule has 0 bridgehead atoms. The molecule has 0 fully saturated rings. The molecule has 0 aromatic heterocycles. The average Bonchev–Trinajstić information content (AvgIpc) is 2.51. The molecule has 0 amide bonds. The van der Waals surface area contributed by atoms with Crippen molar-refractivity contribution < 1.29 is 23.7 Å². The Bertz CT molecular complexity index is 434. The fraction of sp³-hybridized carbons (Fsp3) is 0.588. The Kier molecular flexibility index (Phi) is 7.71. The van der Waals surface area contributed by atoms with Crippen LogP contribution in [0.3, 0.4) is 0 Å². The molecule has 0 spiro atoms. The summed E-state index contributed by atoms with van der Waals surface area (Å²) in [5.41, 5.74) is 0.610. The van der Waals surface area contributed by atoms with Crippen LogP contribution in [0.25, 0.3) is 0 Å². The summed E-state index contributed by atoms with van der Waals surface area (Å²) in [6, 6.07) is 0. The molecule has 0 N–H and O–H groups in total. The maximum absolute atomic E-state index is 5.76. The maximum Gasteiger partial charge on any atom is 0.211 e. The molecular formula is C17H27O5. The molecule has 1 radical (unpaired) electrons. The van der Waals surface area contributed by atoms with Gasteiger partial charge >= 0.3 is 0 Å². The van der Waals surface area contributed by atoms with E-state index in [-0.39, 0.29) is 0 Å². The van der Waals surface area contributed by atoms with E-state index in [0.717, 1.165) is 0 Å². The van der Waals surface area contributed by atoms with Crippen LogP contribution in [0.4, 0.5) is 0 Å². The molecule has 0 saturated heterocycles. The summed E-state index contributed by atoms with van der Waals surface area (Å²) >= 11 is 0. The zero-order chi connectivity index (χ0) is 16.5. The van der Waals surface area contributed by atoms with E-state index in [1.165, 1.54) is 0 Å². The van der Waals surface area contributed by atoms with E-state index in [2.05, 4.69) is 6.92 Å². The normalized spacial score (nSPS) is 10.3. The van der Waals surface area contributed by atoms with Gasteiger partial charge in [0.2, 0.25) is 17.2 Å². The van der Waals surface area contributed by atoms with Gasteiger partial charge in [-0.25, -0.2) is 0 Å². The van der Waals surface area contributed by atoms with Crippen LogP contribution in [0.2, 0.25) is 0 Å². The lowest BCUT2D eigenvalue weighted by Crippen LogP contribution is -2.09. The van der Waals surface area contributed by atoms with Crippen LogP contribution in [0.1, 0.15) is 40.2 Å². The number of hydrogen-bond donors (Lipinski definition) is 0. The van der Waals surface area contributed by atoms with E-state index >= 15 is 0 Å². The highest BCUT2D eigenvalue weighted by Crippen LogP contribution is 2.53. The van der Waals surface area contributed by atoms with Crippen molar-refractivity contribution in [2.75, 3.05) is 33.0 Å². The zero-order valence-electron chi connectivity index (χ0n) is 14.3. The largest absolute Gasteiger partial charge is 0.489 e. The van der Waals surface area contributed by atoms with Crippen molar-refractivity contribution in [3.05, 3.63) is 12.5 Å². The number of hydrogen-bond acceptors (Lipinski definition) is 5. The minimum atomic E-state index is 0.480. The van der Waals surface area contributed by atoms with Crippen LogP contribution < -0.4 is 23.7 Å². The molecule has 22 heavy (non-hydrogen) atoms. The van der Waals surface area contributed by atoms with Gasteiger partial charge < -0.3 is 23.7 Å². The minimum absolute atomic E-state index is 0.480. The first-order chi connectivity index (χ1) is 10.7. The quantitative estimate of drug-likeness (QED) is 0.656. The van der Waals surface area contributed by atoms with Gasteiger partial charge in [0.05, 0.1) is 33.0 Å². The van der Waals surface area contributed by atoms with Crippen molar-refractivity contribution >= 4 is 0 Å². The van der Waals surface area contributed by atoms with E-state index in [1.54, 1.807) is 0 Å². The van der Waals surface area contributed by atoms with Gasteiger partial charge in [-0.15, -0.1) is 0 Å². The molecular weight excluding hydrogens is 284 g/mol. The Morgan fingerprint density at radius 3 is 1.00 bits per heavy atom. The molecule has 0 atom stereocenters. The highest BCUT2D eigenvalue weighted by atomic mass is 16.6. The van der Waals surface area contributed by atoms with Gasteiger partial charge in [0, 0.05) is 5.56 Å². The number of benzene rings is 1. The second kappa shape index (κ2) is 9.28. The predicted molar refractivity (Wildman–Crippen MR) is 86.7 cm³/mol. The Hall–Kier alpha value is -1.78. The Morgan fingerprint density at radius 2 is 0.727 bits per heavy atom. The smallest absolute Gasteiger partial charge is 0.211 e. The van der Waals surface area contributed by atoms with Gasteiger partial charge in [0.1, 0.15) is 0 Å². The zero-order valence-corrected chi connectivity index (χ0v) is 14.3. The summed E-state index contributed by atoms with van der Waals surface area (Å²) in [6.45, 7) is 16.1. The van der Waals surface area contributed by atoms with Crippen molar-refractivity contribution in [1.82, 2.24) is 0 Å². The van der Waals surface area contributed by atoms with Crippen molar-refractivity contribution in [2.45, 2.75) is 34.6 Å². The monoisotopic (exact) mass is 311 g/mol. The molecule has 125 valence electrons. The third-order valence-electron chi connectivity index (χ3n) is 2.82. The van der Waals surface area contributed by atoms with Crippen molar-refractivity contribution in [3.8, 4) is 28.7 Å². The van der Waals surface area contributed by atoms with Crippen LogP contribution in [0, 0.1) is 6.92 Å². The molecule has 5 nitrogen and oxygen atoms in total. The van der Waals surface area contributed by atoms with Crippen LogP contribution >= 0.6 is 0 Å². The average molecular weight is 311 g/mol. The highest BCUT2D eigenvalue weighted by molar-refractivity contribution is 5.71. The minimum Gasteiger partial charge on any atom is -0.489 e. The summed E-state index contributed by atoms with van der Waals surface area (Å²) < 4.78 is 28.7. The Balaban J connectivity index is 3.62. The van der Waals surface area contributed by atoms with Crippen LogP contribution in [0.15, 0.2) is 0 Å². The van der Waals surface area contributed by atoms with Crippen molar-refractivity contribution in [2.24, 2.45) is 0 Å². The summed E-state index contributed by atoms with van der Waals surface area (Å²) in [5, 5.41) is 0. The second-order valence-corrected chi connectivity index (χ2v) is 4.29. The Labute approximate surface area is 133 Å². The molecule has 0 aliphatic rings. The lowest BCUT2D eigenvalue weighted by Gasteiger charge is -2.23. The van der Waals surface area contributed by atoms with Gasteiger partial charge in [-0.3, -0.25) is 0 Å². The second-order valence-electron chi connectivity index (χ2n) is 4.29. The molecule has 0 aliphatic heterocycles. The van der Waals surface area contributed by atoms with E-state index < -0.39 is 0 Å². The highest BCUT2D eigenvalue weighted by Gasteiger charge is 2.27. The topological polar surface area (TPSA) is 46.2 Å². The number of ether oxygens (including phenoxy) is 5. The fourth-order valence-electron chi connectivity index (χ4n) is 2.11. The molecule has 0 aliphatic carbocycles. The first-order valence-electron chi connectivity index (χ1n) is 7.85. The molecule has 0 heterocycles. The predicted octanol–water partition coefficient (Wildman–Crippen LogP) is 3.86. The molecule has 0 unspecified atom stereocenters. The lowest BCUT2D eigenvalue weighted by atomic mass is 10.1. The van der Waals surface area contributed by atoms with Gasteiger partial charge in [0.25, 0.3) is 0 Å². The first kappa shape index (κ1) is 18.3. The molecule has 1 rings (SSSR count). The lowest BCUT2D eigenvalue weighted by molar-refractivity contribution is 0.230. The molecule has 1 aromatic rings. The summed E-state index contributed by atoms with van der Waals surface area (Å²) in [6.07, 6.45) is 0. The fourth-order valence-corrected chi connectivity index (χ4v) is 2.11. The summed E-state index contributed by atoms with van der Waals surface area (Å²) in [7, 11) is 0. The maximum atomic E-state index is 5.76. The number of rotatable bonds is 10. The van der Waals surface area contributed by atoms with Gasteiger partial charge in [-0.05, 0) is 41.5 Å². The summed E-state index contributed by atoms with van der Waals surface area (Å²) in [5.74, 6) is 2.62. The van der Waals surface area contributed by atoms with Gasteiger partial charge in [-0.1, -0.05) is 0 Å². The van der Waals surface area contributed by atoms with Gasteiger partial charge in [0.15, 0.2) is 11.5 Å².